The first-order chi connectivity index (χ1) is 14.4. The lowest BCUT2D eigenvalue weighted by molar-refractivity contribution is 0.576. The van der Waals surface area contributed by atoms with E-state index in [1.165, 1.54) is 79.3 Å². The summed E-state index contributed by atoms with van der Waals surface area (Å²) in [5.74, 6) is 0. The lowest BCUT2D eigenvalue weighted by atomic mass is 10.0. The topological polar surface area (TPSA) is 0 Å². The molecule has 1 heteroatoms. The fraction of sp³-hybridized carbons (Fsp3) is 0.357. The van der Waals surface area contributed by atoms with E-state index in [-0.39, 0.29) is 0 Å². The molecule has 0 radical (unpaired) electrons. The molecule has 152 valence electrons. The summed E-state index contributed by atoms with van der Waals surface area (Å²) >= 11 is 0. The Bertz CT molecular complexity index is 770. The summed E-state index contributed by atoms with van der Waals surface area (Å²) in [5.41, 5.74) is 1.54. The second kappa shape index (κ2) is 12.6. The Kier molecular flexibility index (Phi) is 9.47. The average Bonchev–Trinajstić information content (AvgIpc) is 2.78. The minimum Gasteiger partial charge on any atom is -0.0654 e. The van der Waals surface area contributed by atoms with Gasteiger partial charge in [0.25, 0.3) is 0 Å². The van der Waals surface area contributed by atoms with Crippen molar-refractivity contribution in [2.45, 2.75) is 64.7 Å². The van der Waals surface area contributed by atoms with Crippen LogP contribution in [-0.2, 0) is 6.42 Å². The van der Waals surface area contributed by atoms with E-state index in [0.29, 0.717) is 0 Å². The van der Waals surface area contributed by atoms with Crippen molar-refractivity contribution in [1.82, 2.24) is 0 Å². The third-order valence-electron chi connectivity index (χ3n) is 5.56. The highest BCUT2D eigenvalue weighted by molar-refractivity contribution is 7.79. The van der Waals surface area contributed by atoms with Crippen LogP contribution in [0.25, 0.3) is 0 Å². The van der Waals surface area contributed by atoms with E-state index >= 15 is 0 Å². The number of aryl methyl sites for hydroxylation is 1. The Balaban J connectivity index is 1.70. The normalized spacial score (nSPS) is 11.1. The molecular weight excluding hydrogens is 367 g/mol. The molecule has 0 spiro atoms. The maximum atomic E-state index is 2.37. The Morgan fingerprint density at radius 2 is 1.00 bits per heavy atom. The van der Waals surface area contributed by atoms with E-state index in [1.807, 2.05) is 0 Å². The number of benzene rings is 3. The molecule has 0 amide bonds. The van der Waals surface area contributed by atoms with Gasteiger partial charge >= 0.3 is 0 Å². The molecule has 0 N–H and O–H groups in total. The van der Waals surface area contributed by atoms with Crippen LogP contribution in [0.3, 0.4) is 0 Å². The fourth-order valence-corrected chi connectivity index (χ4v) is 6.47. The zero-order valence-electron chi connectivity index (χ0n) is 17.9. The van der Waals surface area contributed by atoms with Gasteiger partial charge in [0.15, 0.2) is 0 Å². The van der Waals surface area contributed by atoms with Crippen molar-refractivity contribution < 1.29 is 0 Å². The minimum absolute atomic E-state index is 0.501. The predicted molar refractivity (Wildman–Crippen MR) is 131 cm³/mol. The lowest BCUT2D eigenvalue weighted by Gasteiger charge is -2.22. The van der Waals surface area contributed by atoms with Gasteiger partial charge in [-0.25, -0.2) is 0 Å². The monoisotopic (exact) mass is 402 g/mol. The van der Waals surface area contributed by atoms with Crippen LogP contribution in [0.2, 0.25) is 0 Å². The van der Waals surface area contributed by atoms with Gasteiger partial charge in [0, 0.05) is 0 Å². The molecule has 3 aromatic rings. The zero-order valence-corrected chi connectivity index (χ0v) is 18.8. The largest absolute Gasteiger partial charge is 0.0654 e. The first-order valence-corrected chi connectivity index (χ1v) is 12.7. The fourth-order valence-electron chi connectivity index (χ4n) is 3.97. The molecule has 0 aliphatic rings. The van der Waals surface area contributed by atoms with Gasteiger partial charge in [-0.05, 0) is 42.2 Å². The number of hydrogen-bond acceptors (Lipinski definition) is 0. The molecule has 0 aliphatic carbocycles. The highest BCUT2D eigenvalue weighted by atomic mass is 31.1. The predicted octanol–water partition coefficient (Wildman–Crippen LogP) is 7.13. The Morgan fingerprint density at radius 3 is 1.59 bits per heavy atom. The molecule has 0 heterocycles. The van der Waals surface area contributed by atoms with Crippen LogP contribution >= 0.6 is 7.92 Å². The minimum atomic E-state index is -0.501. The number of unbranched alkanes of at least 4 members (excludes halogenated alkanes) is 7. The maximum absolute atomic E-state index is 2.37. The van der Waals surface area contributed by atoms with Gasteiger partial charge in [0.1, 0.15) is 0 Å². The van der Waals surface area contributed by atoms with Crippen LogP contribution in [0, 0.1) is 0 Å². The third kappa shape index (κ3) is 6.83. The van der Waals surface area contributed by atoms with Gasteiger partial charge in [-0.2, -0.15) is 0 Å². The number of hydrogen-bond donors (Lipinski definition) is 0. The van der Waals surface area contributed by atoms with Crippen LogP contribution in [-0.4, -0.2) is 0 Å². The van der Waals surface area contributed by atoms with E-state index in [2.05, 4.69) is 91.9 Å². The number of rotatable bonds is 12. The highest BCUT2D eigenvalue weighted by Crippen LogP contribution is 2.34. The van der Waals surface area contributed by atoms with Crippen molar-refractivity contribution in [3.05, 3.63) is 90.5 Å². The highest BCUT2D eigenvalue weighted by Gasteiger charge is 2.18. The van der Waals surface area contributed by atoms with Gasteiger partial charge in [-0.15, -0.1) is 0 Å². The van der Waals surface area contributed by atoms with Crippen molar-refractivity contribution in [3.8, 4) is 0 Å². The molecule has 0 unspecified atom stereocenters. The molecule has 3 rings (SSSR count). The van der Waals surface area contributed by atoms with E-state index in [1.54, 1.807) is 0 Å². The van der Waals surface area contributed by atoms with Crippen LogP contribution in [0.15, 0.2) is 84.9 Å². The summed E-state index contributed by atoms with van der Waals surface area (Å²) in [6.45, 7) is 2.29. The van der Waals surface area contributed by atoms with Gasteiger partial charge in [0.2, 0.25) is 0 Å². The van der Waals surface area contributed by atoms with Crippen LogP contribution in [0.1, 0.15) is 63.9 Å². The zero-order chi connectivity index (χ0) is 20.2. The van der Waals surface area contributed by atoms with E-state index < -0.39 is 7.92 Å². The van der Waals surface area contributed by atoms with Crippen molar-refractivity contribution in [2.24, 2.45) is 0 Å². The molecule has 0 atom stereocenters. The average molecular weight is 403 g/mol. The van der Waals surface area contributed by atoms with Crippen molar-refractivity contribution >= 4 is 23.8 Å². The molecule has 0 nitrogen and oxygen atoms in total. The lowest BCUT2D eigenvalue weighted by Crippen LogP contribution is -2.23. The van der Waals surface area contributed by atoms with Crippen molar-refractivity contribution in [3.63, 3.8) is 0 Å². The van der Waals surface area contributed by atoms with E-state index in [0.717, 1.165) is 0 Å². The van der Waals surface area contributed by atoms with Crippen molar-refractivity contribution in [1.29, 1.82) is 0 Å². The molecule has 0 aromatic heterocycles. The molecule has 0 saturated carbocycles. The summed E-state index contributed by atoms with van der Waals surface area (Å²) < 4.78 is 0. The summed E-state index contributed by atoms with van der Waals surface area (Å²) in [4.78, 5) is 0. The van der Waals surface area contributed by atoms with Crippen LogP contribution < -0.4 is 15.9 Å². The van der Waals surface area contributed by atoms with E-state index in [4.69, 9.17) is 0 Å². The first-order valence-electron chi connectivity index (χ1n) is 11.4. The Morgan fingerprint density at radius 1 is 0.517 bits per heavy atom. The molecule has 29 heavy (non-hydrogen) atoms. The molecule has 0 fully saturated rings. The third-order valence-corrected chi connectivity index (χ3v) is 8.11. The van der Waals surface area contributed by atoms with Crippen molar-refractivity contribution in [2.75, 3.05) is 0 Å². The Labute approximate surface area is 179 Å². The second-order valence-corrected chi connectivity index (χ2v) is 10.0. The SMILES string of the molecule is CCCCCCCCCCc1ccccc1P(c1ccccc1)c1ccccc1. The van der Waals surface area contributed by atoms with Crippen LogP contribution in [0.4, 0.5) is 0 Å². The molecule has 0 bridgehead atoms. The molecule has 0 saturated heterocycles. The smallest absolute Gasteiger partial charge is 0.0119 e. The maximum Gasteiger partial charge on any atom is -0.0119 e. The van der Waals surface area contributed by atoms with Gasteiger partial charge in [0.05, 0.1) is 0 Å². The summed E-state index contributed by atoms with van der Waals surface area (Å²) in [6, 6.07) is 31.3. The first kappa shape index (κ1) is 21.8. The quantitative estimate of drug-likeness (QED) is 0.223. The van der Waals surface area contributed by atoms with Crippen LogP contribution in [0.5, 0.6) is 0 Å². The second-order valence-electron chi connectivity index (χ2n) is 7.86. The van der Waals surface area contributed by atoms with E-state index in [9.17, 15) is 0 Å². The summed E-state index contributed by atoms with van der Waals surface area (Å²) in [7, 11) is -0.501. The summed E-state index contributed by atoms with van der Waals surface area (Å²) in [5, 5.41) is 4.41. The van der Waals surface area contributed by atoms with Gasteiger partial charge in [-0.3, -0.25) is 0 Å². The summed E-state index contributed by atoms with van der Waals surface area (Å²) in [6.07, 6.45) is 12.2. The standard InChI is InChI=1S/C28H35P/c1-2-3-4-5-6-7-8-11-18-25-19-16-17-24-28(25)29(26-20-12-9-13-21-26)27-22-14-10-15-23-27/h9-10,12-17,19-24H,2-8,11,18H2,1H3. The van der Waals surface area contributed by atoms with Gasteiger partial charge < -0.3 is 0 Å². The Hall–Kier alpha value is -1.91. The molecule has 3 aromatic carbocycles. The molecule has 0 aliphatic heterocycles. The molecular formula is C28H35P. The van der Waals surface area contributed by atoms with Gasteiger partial charge in [-0.1, -0.05) is 137 Å².